The molecule has 4 atom stereocenters. The number of azide groups is 1. The molecule has 22 heavy (non-hydrogen) atoms. The fourth-order valence-corrected chi connectivity index (χ4v) is 2.43. The Morgan fingerprint density at radius 1 is 1.68 bits per heavy atom. The smallest absolute Gasteiger partial charge is 0.278 e. The van der Waals surface area contributed by atoms with Crippen molar-refractivity contribution in [3.05, 3.63) is 27.1 Å². The summed E-state index contributed by atoms with van der Waals surface area (Å²) < 4.78 is 20.7. The summed E-state index contributed by atoms with van der Waals surface area (Å²) in [6.07, 6.45) is -2.80. The second-order valence-electron chi connectivity index (χ2n) is 4.66. The fourth-order valence-electron chi connectivity index (χ4n) is 2.43. The third kappa shape index (κ3) is 2.06. The number of aromatic amines is 1. The van der Waals surface area contributed by atoms with Crippen LogP contribution in [0.2, 0.25) is 0 Å². The molecule has 0 aromatic carbocycles. The fraction of sp³-hybridized carbons (Fsp3) is 0.500. The molecule has 2 aromatic rings. The van der Waals surface area contributed by atoms with Gasteiger partial charge in [0.15, 0.2) is 11.2 Å². The quantitative estimate of drug-likeness (QED) is 0.396. The van der Waals surface area contributed by atoms with Gasteiger partial charge in [0.2, 0.25) is 5.95 Å². The number of nitrogens with one attached hydrogen (secondary N) is 1. The van der Waals surface area contributed by atoms with Crippen LogP contribution in [0.25, 0.3) is 21.6 Å². The highest BCUT2D eigenvalue weighted by Gasteiger charge is 2.46. The zero-order chi connectivity index (χ0) is 15.9. The summed E-state index contributed by atoms with van der Waals surface area (Å²) in [6.45, 7) is -0.594. The number of halogens is 1. The Kier molecular flexibility index (Phi) is 3.41. The Hall–Kier alpha value is -2.69. The van der Waals surface area contributed by atoms with Crippen LogP contribution in [0.5, 0.6) is 0 Å². The van der Waals surface area contributed by atoms with Gasteiger partial charge in [-0.25, -0.2) is 9.37 Å². The normalized spacial score (nSPS) is 27.9. The molecular weight excluding hydrogens is 299 g/mol. The van der Waals surface area contributed by atoms with E-state index in [2.05, 4.69) is 25.0 Å². The van der Waals surface area contributed by atoms with Crippen LogP contribution in [0, 0.1) is 0 Å². The van der Waals surface area contributed by atoms with Crippen LogP contribution < -0.4 is 11.3 Å². The minimum Gasteiger partial charge on any atom is -0.394 e. The Bertz CT molecular complexity index is 812. The topological polar surface area (TPSA) is 168 Å². The minimum atomic E-state index is -1.72. The molecule has 1 fully saturated rings. The zero-order valence-electron chi connectivity index (χ0n) is 11.0. The van der Waals surface area contributed by atoms with Gasteiger partial charge in [0.05, 0.1) is 12.9 Å². The molecule has 0 radical (unpaired) electrons. The first-order chi connectivity index (χ1) is 10.6. The Morgan fingerprint density at radius 2 is 2.45 bits per heavy atom. The van der Waals surface area contributed by atoms with Gasteiger partial charge in [0.25, 0.3) is 5.56 Å². The number of imidazole rings is 1. The molecule has 1 saturated heterocycles. The molecule has 2 aromatic heterocycles. The number of hydrogen-bond donors (Lipinski definition) is 3. The molecule has 11 nitrogen and oxygen atoms in total. The highest BCUT2D eigenvalue weighted by Crippen LogP contribution is 2.34. The number of ether oxygens (including phenoxy) is 1. The third-order valence-corrected chi connectivity index (χ3v) is 3.38. The molecule has 0 saturated carbocycles. The van der Waals surface area contributed by atoms with Crippen molar-refractivity contribution >= 4 is 17.1 Å². The van der Waals surface area contributed by atoms with Crippen LogP contribution in [-0.4, -0.2) is 49.5 Å². The molecule has 1 aliphatic heterocycles. The second kappa shape index (κ2) is 5.26. The lowest BCUT2D eigenvalue weighted by atomic mass is 10.1. The predicted octanol–water partition coefficient (Wildman–Crippen LogP) is -0.392. The average Bonchev–Trinajstić information content (AvgIpc) is 3.02. The lowest BCUT2D eigenvalue weighted by Crippen LogP contribution is -2.28. The second-order valence-corrected chi connectivity index (χ2v) is 4.66. The van der Waals surface area contributed by atoms with Gasteiger partial charge in [-0.3, -0.25) is 14.3 Å². The largest absolute Gasteiger partial charge is 0.394 e. The van der Waals surface area contributed by atoms with Crippen molar-refractivity contribution in [1.82, 2.24) is 19.5 Å². The van der Waals surface area contributed by atoms with E-state index in [4.69, 9.17) is 21.1 Å². The number of nitrogens with two attached hydrogens (primary N) is 1. The number of anilines is 1. The van der Waals surface area contributed by atoms with E-state index in [1.165, 1.54) is 10.9 Å². The van der Waals surface area contributed by atoms with Crippen molar-refractivity contribution in [2.75, 3.05) is 12.3 Å². The van der Waals surface area contributed by atoms with Gasteiger partial charge in [-0.2, -0.15) is 4.98 Å². The number of fused-ring (bicyclic) bond motifs is 1. The number of aliphatic hydroxyl groups is 1. The van der Waals surface area contributed by atoms with Crippen molar-refractivity contribution < 1.29 is 14.2 Å². The molecule has 3 rings (SSSR count). The van der Waals surface area contributed by atoms with E-state index in [0.29, 0.717) is 0 Å². The average molecular weight is 310 g/mol. The number of nitrogens with zero attached hydrogens (tertiary/aromatic N) is 6. The molecule has 0 unspecified atom stereocenters. The van der Waals surface area contributed by atoms with Gasteiger partial charge in [0.1, 0.15) is 24.5 Å². The standard InChI is InChI=1S/C10H11FN8O3/c11-4-3(1-20)22-9(5(4)17-18-13)19-2-14-7-6(19)8(21)16-10(12)15-7/h2-5,9,20H,1H2,(H3,12,15,16,21)/t3-,4-,5-,9+/m1/s1. The SMILES string of the molecule is [N-]=[N+]=N[C@@H]1[C@H](F)[C@@H](CO)O[C@@H]1n1cnc2nc(N)[nH]c(=O)c21. The lowest BCUT2D eigenvalue weighted by Gasteiger charge is -2.16. The highest BCUT2D eigenvalue weighted by atomic mass is 19.1. The van der Waals surface area contributed by atoms with Gasteiger partial charge in [-0.05, 0) is 5.53 Å². The van der Waals surface area contributed by atoms with Crippen molar-refractivity contribution in [2.45, 2.75) is 24.5 Å². The summed E-state index contributed by atoms with van der Waals surface area (Å²) in [4.78, 5) is 24.6. The van der Waals surface area contributed by atoms with E-state index >= 15 is 0 Å². The Morgan fingerprint density at radius 3 is 3.14 bits per heavy atom. The maximum absolute atomic E-state index is 14.1. The van der Waals surface area contributed by atoms with Gasteiger partial charge < -0.3 is 15.6 Å². The summed E-state index contributed by atoms with van der Waals surface area (Å²) in [5.41, 5.74) is 13.5. The summed E-state index contributed by atoms with van der Waals surface area (Å²) in [5.74, 6) is -0.113. The number of H-pyrrole nitrogens is 1. The van der Waals surface area contributed by atoms with E-state index in [1.54, 1.807) is 0 Å². The summed E-state index contributed by atoms with van der Waals surface area (Å²) >= 11 is 0. The number of aromatic nitrogens is 4. The molecular formula is C10H11FN8O3. The Labute approximate surface area is 121 Å². The van der Waals surface area contributed by atoms with Crippen LogP contribution in [-0.2, 0) is 4.74 Å². The van der Waals surface area contributed by atoms with Crippen molar-refractivity contribution in [2.24, 2.45) is 5.11 Å². The van der Waals surface area contributed by atoms with E-state index in [-0.39, 0.29) is 17.1 Å². The van der Waals surface area contributed by atoms with Crippen LogP contribution in [0.4, 0.5) is 10.3 Å². The van der Waals surface area contributed by atoms with Crippen molar-refractivity contribution in [1.29, 1.82) is 0 Å². The molecule has 4 N–H and O–H groups in total. The number of alkyl halides is 1. The van der Waals surface area contributed by atoms with Crippen LogP contribution in [0.1, 0.15) is 6.23 Å². The number of aliphatic hydroxyl groups excluding tert-OH is 1. The first-order valence-electron chi connectivity index (χ1n) is 6.23. The van der Waals surface area contributed by atoms with Crippen LogP contribution in [0.15, 0.2) is 16.2 Å². The third-order valence-electron chi connectivity index (χ3n) is 3.38. The van der Waals surface area contributed by atoms with Crippen LogP contribution >= 0.6 is 0 Å². The first kappa shape index (κ1) is 14.3. The number of rotatable bonds is 3. The molecule has 3 heterocycles. The van der Waals surface area contributed by atoms with Crippen molar-refractivity contribution in [3.8, 4) is 0 Å². The van der Waals surface area contributed by atoms with E-state index in [9.17, 15) is 9.18 Å². The van der Waals surface area contributed by atoms with Crippen LogP contribution in [0.3, 0.4) is 0 Å². The minimum absolute atomic E-state index is 0.00290. The van der Waals surface area contributed by atoms with Gasteiger partial charge in [-0.15, -0.1) is 0 Å². The summed E-state index contributed by atoms with van der Waals surface area (Å²) in [7, 11) is 0. The number of hydrogen-bond acceptors (Lipinski definition) is 7. The monoisotopic (exact) mass is 310 g/mol. The zero-order valence-corrected chi connectivity index (χ0v) is 11.0. The van der Waals surface area contributed by atoms with Gasteiger partial charge >= 0.3 is 0 Å². The molecule has 0 spiro atoms. The molecule has 0 amide bonds. The van der Waals surface area contributed by atoms with E-state index < -0.39 is 36.7 Å². The van der Waals surface area contributed by atoms with Gasteiger partial charge in [0, 0.05) is 4.91 Å². The van der Waals surface area contributed by atoms with Gasteiger partial charge in [-0.1, -0.05) is 5.11 Å². The molecule has 116 valence electrons. The summed E-state index contributed by atoms with van der Waals surface area (Å²) in [5, 5.41) is 12.5. The van der Waals surface area contributed by atoms with E-state index in [1.807, 2.05) is 0 Å². The lowest BCUT2D eigenvalue weighted by molar-refractivity contribution is -0.0336. The van der Waals surface area contributed by atoms with Crippen molar-refractivity contribution in [3.63, 3.8) is 0 Å². The molecule has 0 bridgehead atoms. The molecule has 1 aliphatic rings. The first-order valence-corrected chi connectivity index (χ1v) is 6.23. The number of nitrogen functional groups attached to an aromatic ring is 1. The Balaban J connectivity index is 2.14. The predicted molar refractivity (Wildman–Crippen MR) is 71.4 cm³/mol. The molecule has 0 aliphatic carbocycles. The maximum Gasteiger partial charge on any atom is 0.278 e. The summed E-state index contributed by atoms with van der Waals surface area (Å²) in [6, 6.07) is -1.25. The van der Waals surface area contributed by atoms with E-state index in [0.717, 1.165) is 0 Å². The molecule has 12 heteroatoms. The maximum atomic E-state index is 14.1. The highest BCUT2D eigenvalue weighted by molar-refractivity contribution is 5.70.